The van der Waals surface area contributed by atoms with Crippen molar-refractivity contribution in [1.29, 1.82) is 0 Å². The SMILES string of the molecule is COc1ccc(OC)c(-c2cc(C(=O)CNC(=S)Nc3sc(-c4ccccc4)cc3C)c3ccccc3n2)c1. The molecule has 2 N–H and O–H groups in total. The summed E-state index contributed by atoms with van der Waals surface area (Å²) in [6.07, 6.45) is 0. The topological polar surface area (TPSA) is 72.5 Å². The van der Waals surface area contributed by atoms with Crippen molar-refractivity contribution >= 4 is 50.4 Å². The van der Waals surface area contributed by atoms with E-state index in [1.807, 2.05) is 67.6 Å². The lowest BCUT2D eigenvalue weighted by atomic mass is 10.0. The summed E-state index contributed by atoms with van der Waals surface area (Å²) in [6, 6.07) is 27.2. The number of fused-ring (bicyclic) bond motifs is 1. The van der Waals surface area contributed by atoms with Gasteiger partial charge in [0, 0.05) is 21.4 Å². The fourth-order valence-corrected chi connectivity index (χ4v) is 5.63. The second-order valence-electron chi connectivity index (χ2n) is 8.86. The van der Waals surface area contributed by atoms with E-state index in [9.17, 15) is 4.79 Å². The molecule has 0 aliphatic rings. The first-order chi connectivity index (χ1) is 19.0. The van der Waals surface area contributed by atoms with Gasteiger partial charge in [-0.05, 0) is 66.7 Å². The number of aryl methyl sites for hydroxylation is 1. The van der Waals surface area contributed by atoms with Gasteiger partial charge in [0.15, 0.2) is 10.9 Å². The molecule has 0 aliphatic carbocycles. The number of carbonyl (C=O) groups excluding carboxylic acids is 1. The Hall–Kier alpha value is -4.27. The van der Waals surface area contributed by atoms with Crippen molar-refractivity contribution in [3.8, 4) is 33.2 Å². The number of anilines is 1. The number of thiocarbonyl (C=S) groups is 1. The molecule has 0 amide bonds. The Kier molecular flexibility index (Phi) is 7.86. The lowest BCUT2D eigenvalue weighted by Gasteiger charge is -2.14. The molecule has 0 aliphatic heterocycles. The van der Waals surface area contributed by atoms with Gasteiger partial charge in [-0.3, -0.25) is 4.79 Å². The van der Waals surface area contributed by atoms with Crippen LogP contribution in [0.2, 0.25) is 0 Å². The summed E-state index contributed by atoms with van der Waals surface area (Å²) >= 11 is 7.16. The molecule has 196 valence electrons. The van der Waals surface area contributed by atoms with E-state index in [0.29, 0.717) is 33.4 Å². The lowest BCUT2D eigenvalue weighted by molar-refractivity contribution is 0.0998. The molecule has 3 aromatic carbocycles. The zero-order chi connectivity index (χ0) is 27.4. The van der Waals surface area contributed by atoms with E-state index in [0.717, 1.165) is 32.0 Å². The molecule has 0 fully saturated rings. The number of rotatable bonds is 8. The van der Waals surface area contributed by atoms with Gasteiger partial charge in [0.05, 0.1) is 37.0 Å². The summed E-state index contributed by atoms with van der Waals surface area (Å²) in [4.78, 5) is 19.5. The number of benzene rings is 3. The number of aromatic nitrogens is 1. The van der Waals surface area contributed by atoms with Crippen LogP contribution in [0.25, 0.3) is 32.6 Å². The summed E-state index contributed by atoms with van der Waals surface area (Å²) in [6.45, 7) is 2.07. The molecule has 5 rings (SSSR count). The number of nitrogens with one attached hydrogen (secondary N) is 2. The van der Waals surface area contributed by atoms with Crippen LogP contribution in [0.1, 0.15) is 15.9 Å². The maximum atomic E-state index is 13.5. The molecule has 39 heavy (non-hydrogen) atoms. The quantitative estimate of drug-likeness (QED) is 0.156. The number of nitrogens with zero attached hydrogens (tertiary/aromatic N) is 1. The summed E-state index contributed by atoms with van der Waals surface area (Å²) in [5, 5.41) is 8.44. The molecule has 0 radical (unpaired) electrons. The molecule has 2 aromatic heterocycles. The molecule has 6 nitrogen and oxygen atoms in total. The van der Waals surface area contributed by atoms with Crippen molar-refractivity contribution in [3.63, 3.8) is 0 Å². The third-order valence-electron chi connectivity index (χ3n) is 6.31. The third-order valence-corrected chi connectivity index (χ3v) is 7.76. The Bertz CT molecular complexity index is 1670. The number of pyridine rings is 1. The number of Topliss-reactive ketones (excluding diaryl/α,β-unsaturated/α-hetero) is 1. The number of ether oxygens (including phenoxy) is 2. The first-order valence-electron chi connectivity index (χ1n) is 12.3. The van der Waals surface area contributed by atoms with Gasteiger partial charge in [-0.25, -0.2) is 4.98 Å². The van der Waals surface area contributed by atoms with E-state index in [1.54, 1.807) is 31.6 Å². The Labute approximate surface area is 236 Å². The highest BCUT2D eigenvalue weighted by atomic mass is 32.1. The highest BCUT2D eigenvalue weighted by molar-refractivity contribution is 7.80. The van der Waals surface area contributed by atoms with Gasteiger partial charge >= 0.3 is 0 Å². The van der Waals surface area contributed by atoms with Gasteiger partial charge in [0.1, 0.15) is 11.5 Å². The molecular formula is C31H27N3O3S2. The predicted molar refractivity (Wildman–Crippen MR) is 163 cm³/mol. The number of hydrogen-bond acceptors (Lipinski definition) is 6. The zero-order valence-corrected chi connectivity index (χ0v) is 23.4. The summed E-state index contributed by atoms with van der Waals surface area (Å²) in [5.41, 5.74) is 4.87. The summed E-state index contributed by atoms with van der Waals surface area (Å²) in [7, 11) is 3.21. The van der Waals surface area contributed by atoms with E-state index in [1.165, 1.54) is 0 Å². The molecule has 0 bridgehead atoms. The van der Waals surface area contributed by atoms with E-state index in [2.05, 4.69) is 28.8 Å². The fraction of sp³-hybridized carbons (Fsp3) is 0.129. The first-order valence-corrected chi connectivity index (χ1v) is 13.6. The predicted octanol–water partition coefficient (Wildman–Crippen LogP) is 7.13. The van der Waals surface area contributed by atoms with Crippen LogP contribution in [-0.2, 0) is 0 Å². The number of ketones is 1. The number of carbonyl (C=O) groups is 1. The Morgan fingerprint density at radius 1 is 0.949 bits per heavy atom. The van der Waals surface area contributed by atoms with Crippen LogP contribution >= 0.6 is 23.6 Å². The van der Waals surface area contributed by atoms with Crippen LogP contribution in [0.5, 0.6) is 11.5 Å². The van der Waals surface area contributed by atoms with Gasteiger partial charge in [0.2, 0.25) is 0 Å². The second kappa shape index (κ2) is 11.6. The van der Waals surface area contributed by atoms with Crippen molar-refractivity contribution in [1.82, 2.24) is 10.3 Å². The molecule has 0 spiro atoms. The standard InChI is InChI=1S/C31H27N3O3S2/c1-19-15-29(20-9-5-4-6-10-20)39-30(19)34-31(38)32-18-27(35)23-17-26(33-25-12-8-7-11-22(23)25)24-16-21(36-2)13-14-28(24)37-3/h4-17H,18H2,1-3H3,(H2,32,34,38). The molecule has 5 aromatic rings. The van der Waals surface area contributed by atoms with Crippen molar-refractivity contribution in [2.24, 2.45) is 0 Å². The van der Waals surface area contributed by atoms with Crippen molar-refractivity contribution in [2.45, 2.75) is 6.92 Å². The molecule has 2 heterocycles. The van der Waals surface area contributed by atoms with Crippen LogP contribution < -0.4 is 20.1 Å². The molecule has 0 saturated carbocycles. The van der Waals surface area contributed by atoms with E-state index in [-0.39, 0.29) is 12.3 Å². The highest BCUT2D eigenvalue weighted by Crippen LogP contribution is 2.36. The number of hydrogen-bond donors (Lipinski definition) is 2. The minimum absolute atomic E-state index is 0.0322. The number of methoxy groups -OCH3 is 2. The molecule has 0 saturated heterocycles. The van der Waals surface area contributed by atoms with E-state index < -0.39 is 0 Å². The van der Waals surface area contributed by atoms with Gasteiger partial charge in [-0.1, -0.05) is 48.5 Å². The highest BCUT2D eigenvalue weighted by Gasteiger charge is 2.17. The average molecular weight is 554 g/mol. The first kappa shape index (κ1) is 26.3. The van der Waals surface area contributed by atoms with Crippen LogP contribution in [0.15, 0.2) is 84.9 Å². The molecular weight excluding hydrogens is 526 g/mol. The Morgan fingerprint density at radius 2 is 1.72 bits per heavy atom. The zero-order valence-electron chi connectivity index (χ0n) is 21.8. The number of para-hydroxylation sites is 1. The smallest absolute Gasteiger partial charge is 0.182 e. The molecule has 0 atom stereocenters. The second-order valence-corrected chi connectivity index (χ2v) is 10.3. The van der Waals surface area contributed by atoms with Crippen molar-refractivity contribution in [2.75, 3.05) is 26.1 Å². The van der Waals surface area contributed by atoms with Crippen molar-refractivity contribution in [3.05, 3.63) is 96.1 Å². The summed E-state index contributed by atoms with van der Waals surface area (Å²) in [5.74, 6) is 1.21. The van der Waals surface area contributed by atoms with Gasteiger partial charge < -0.3 is 20.1 Å². The van der Waals surface area contributed by atoms with Crippen LogP contribution in [0, 0.1) is 6.92 Å². The maximum Gasteiger partial charge on any atom is 0.182 e. The average Bonchev–Trinajstić information content (AvgIpc) is 3.34. The van der Waals surface area contributed by atoms with Gasteiger partial charge in [-0.2, -0.15) is 0 Å². The molecule has 0 unspecified atom stereocenters. The summed E-state index contributed by atoms with van der Waals surface area (Å²) < 4.78 is 11.0. The van der Waals surface area contributed by atoms with E-state index in [4.69, 9.17) is 26.7 Å². The van der Waals surface area contributed by atoms with Crippen LogP contribution in [-0.4, -0.2) is 36.6 Å². The Morgan fingerprint density at radius 3 is 2.49 bits per heavy atom. The normalized spacial score (nSPS) is 10.7. The van der Waals surface area contributed by atoms with Crippen LogP contribution in [0.4, 0.5) is 5.00 Å². The number of thiophene rings is 1. The Balaban J connectivity index is 1.37. The lowest BCUT2D eigenvalue weighted by Crippen LogP contribution is -2.33. The molecule has 8 heteroatoms. The largest absolute Gasteiger partial charge is 0.497 e. The minimum Gasteiger partial charge on any atom is -0.497 e. The minimum atomic E-state index is -0.103. The van der Waals surface area contributed by atoms with Crippen LogP contribution in [0.3, 0.4) is 0 Å². The third kappa shape index (κ3) is 5.77. The fourth-order valence-electron chi connectivity index (χ4n) is 4.31. The van der Waals surface area contributed by atoms with Gasteiger partial charge in [-0.15, -0.1) is 11.3 Å². The van der Waals surface area contributed by atoms with Gasteiger partial charge in [0.25, 0.3) is 0 Å². The van der Waals surface area contributed by atoms with E-state index >= 15 is 0 Å². The maximum absolute atomic E-state index is 13.5. The van der Waals surface area contributed by atoms with Crippen molar-refractivity contribution < 1.29 is 14.3 Å². The monoisotopic (exact) mass is 553 g/mol.